The maximum absolute atomic E-state index is 12.9. The van der Waals surface area contributed by atoms with Gasteiger partial charge in [0.15, 0.2) is 11.0 Å². The minimum Gasteiger partial charge on any atom is -0.325 e. The lowest BCUT2D eigenvalue weighted by Gasteiger charge is -2.14. The Morgan fingerprint density at radius 1 is 1.00 bits per heavy atom. The maximum atomic E-state index is 12.9. The van der Waals surface area contributed by atoms with Crippen molar-refractivity contribution in [2.24, 2.45) is 0 Å². The van der Waals surface area contributed by atoms with Crippen molar-refractivity contribution in [3.63, 3.8) is 0 Å². The summed E-state index contributed by atoms with van der Waals surface area (Å²) in [5, 5.41) is 12.6. The van der Waals surface area contributed by atoms with Gasteiger partial charge in [0.25, 0.3) is 0 Å². The summed E-state index contributed by atoms with van der Waals surface area (Å²) in [7, 11) is 0. The van der Waals surface area contributed by atoms with Gasteiger partial charge in [-0.25, -0.2) is 0 Å². The molecule has 0 fully saturated rings. The molecule has 4 rings (SSSR count). The predicted molar refractivity (Wildman–Crippen MR) is 142 cm³/mol. The van der Waals surface area contributed by atoms with E-state index in [4.69, 9.17) is 0 Å². The molecular formula is C26H26BrN5OS. The number of amides is 1. The molecule has 0 bridgehead atoms. The highest BCUT2D eigenvalue weighted by atomic mass is 79.9. The normalized spacial score (nSPS) is 11.0. The zero-order valence-electron chi connectivity index (χ0n) is 19.6. The fraction of sp³-hybridized carbons (Fsp3) is 0.231. The van der Waals surface area contributed by atoms with Gasteiger partial charge in [0, 0.05) is 28.1 Å². The molecule has 1 N–H and O–H groups in total. The number of aryl methyl sites for hydroxylation is 4. The summed E-state index contributed by atoms with van der Waals surface area (Å²) in [5.74, 6) is 0.855. The maximum Gasteiger partial charge on any atom is 0.234 e. The van der Waals surface area contributed by atoms with E-state index in [0.717, 1.165) is 39.0 Å². The van der Waals surface area contributed by atoms with Crippen LogP contribution in [0, 0.1) is 20.8 Å². The summed E-state index contributed by atoms with van der Waals surface area (Å²) in [6.45, 7) is 8.26. The zero-order chi connectivity index (χ0) is 24.2. The van der Waals surface area contributed by atoms with E-state index >= 15 is 0 Å². The Bertz CT molecular complexity index is 1340. The van der Waals surface area contributed by atoms with Crippen LogP contribution < -0.4 is 5.32 Å². The van der Waals surface area contributed by atoms with Gasteiger partial charge in [0.05, 0.1) is 11.4 Å². The van der Waals surface area contributed by atoms with Crippen LogP contribution in [0.4, 0.5) is 5.69 Å². The van der Waals surface area contributed by atoms with Crippen LogP contribution in [0.5, 0.6) is 0 Å². The largest absolute Gasteiger partial charge is 0.325 e. The Morgan fingerprint density at radius 3 is 2.47 bits per heavy atom. The topological polar surface area (TPSA) is 72.7 Å². The fourth-order valence-corrected chi connectivity index (χ4v) is 5.10. The van der Waals surface area contributed by atoms with Crippen molar-refractivity contribution >= 4 is 39.3 Å². The number of anilines is 1. The summed E-state index contributed by atoms with van der Waals surface area (Å²) in [4.78, 5) is 17.0. The van der Waals surface area contributed by atoms with E-state index in [0.29, 0.717) is 11.0 Å². The van der Waals surface area contributed by atoms with Crippen molar-refractivity contribution in [1.29, 1.82) is 0 Å². The van der Waals surface area contributed by atoms with Crippen LogP contribution in [-0.2, 0) is 11.2 Å². The third kappa shape index (κ3) is 5.23. The van der Waals surface area contributed by atoms with Gasteiger partial charge in [-0.3, -0.25) is 14.3 Å². The number of nitrogens with one attached hydrogen (secondary N) is 1. The first-order chi connectivity index (χ1) is 16.4. The number of rotatable bonds is 7. The number of thioether (sulfide) groups is 1. The predicted octanol–water partition coefficient (Wildman–Crippen LogP) is 6.31. The standard InChI is InChI=1S/C26H26BrN5OS/c1-5-19-14-21(27)12-18(4)24(19)29-23(33)15-34-26-31-30-25(20-8-10-28-11-9-20)32(26)22-7-6-16(2)17(3)13-22/h6-14H,5,15H2,1-4H3,(H,29,33). The van der Waals surface area contributed by atoms with E-state index in [-0.39, 0.29) is 11.7 Å². The van der Waals surface area contributed by atoms with E-state index in [9.17, 15) is 4.79 Å². The molecule has 2 aromatic heterocycles. The minimum absolute atomic E-state index is 0.0785. The van der Waals surface area contributed by atoms with E-state index in [1.54, 1.807) is 12.4 Å². The molecule has 0 atom stereocenters. The molecule has 1 amide bonds. The second-order valence-corrected chi connectivity index (χ2v) is 9.95. The highest BCUT2D eigenvalue weighted by Crippen LogP contribution is 2.30. The van der Waals surface area contributed by atoms with Crippen molar-refractivity contribution in [3.8, 4) is 17.1 Å². The molecule has 4 aromatic rings. The number of pyridine rings is 1. The number of halogens is 1. The lowest BCUT2D eigenvalue weighted by molar-refractivity contribution is -0.113. The smallest absolute Gasteiger partial charge is 0.234 e. The second-order valence-electron chi connectivity index (χ2n) is 8.09. The summed E-state index contributed by atoms with van der Waals surface area (Å²) < 4.78 is 3.02. The number of aromatic nitrogens is 4. The van der Waals surface area contributed by atoms with E-state index in [1.165, 1.54) is 22.9 Å². The average Bonchev–Trinajstić information content (AvgIpc) is 3.25. The van der Waals surface area contributed by atoms with Crippen molar-refractivity contribution < 1.29 is 4.79 Å². The van der Waals surface area contributed by atoms with E-state index in [1.807, 2.05) is 35.8 Å². The molecule has 0 aliphatic carbocycles. The molecule has 2 heterocycles. The highest BCUT2D eigenvalue weighted by Gasteiger charge is 2.18. The molecule has 0 aliphatic rings. The highest BCUT2D eigenvalue weighted by molar-refractivity contribution is 9.10. The van der Waals surface area contributed by atoms with Crippen LogP contribution in [0.25, 0.3) is 17.1 Å². The van der Waals surface area contributed by atoms with Crippen molar-refractivity contribution in [3.05, 3.63) is 81.6 Å². The first kappa shape index (κ1) is 24.2. The Balaban J connectivity index is 1.62. The van der Waals surface area contributed by atoms with Crippen LogP contribution in [0.1, 0.15) is 29.2 Å². The van der Waals surface area contributed by atoms with Gasteiger partial charge >= 0.3 is 0 Å². The number of hydrogen-bond acceptors (Lipinski definition) is 5. The minimum atomic E-state index is -0.0785. The van der Waals surface area contributed by atoms with Gasteiger partial charge in [-0.05, 0) is 85.8 Å². The molecule has 0 radical (unpaired) electrons. The van der Waals surface area contributed by atoms with Crippen LogP contribution >= 0.6 is 27.7 Å². The molecule has 174 valence electrons. The van der Waals surface area contributed by atoms with Gasteiger partial charge in [-0.15, -0.1) is 10.2 Å². The first-order valence-electron chi connectivity index (χ1n) is 11.0. The molecule has 0 saturated heterocycles. The van der Waals surface area contributed by atoms with Crippen molar-refractivity contribution in [2.45, 2.75) is 39.3 Å². The molecule has 8 heteroatoms. The molecule has 0 saturated carbocycles. The van der Waals surface area contributed by atoms with Gasteiger partial charge in [-0.1, -0.05) is 40.7 Å². The van der Waals surface area contributed by atoms with Crippen molar-refractivity contribution in [1.82, 2.24) is 19.7 Å². The Kier molecular flexibility index (Phi) is 7.48. The molecule has 0 aliphatic heterocycles. The Hall–Kier alpha value is -2.97. The van der Waals surface area contributed by atoms with Crippen LogP contribution in [0.2, 0.25) is 0 Å². The van der Waals surface area contributed by atoms with Gasteiger partial charge in [0.1, 0.15) is 0 Å². The lowest BCUT2D eigenvalue weighted by Crippen LogP contribution is -2.16. The van der Waals surface area contributed by atoms with Gasteiger partial charge < -0.3 is 5.32 Å². The third-order valence-corrected chi connectivity index (χ3v) is 7.07. The SMILES string of the molecule is CCc1cc(Br)cc(C)c1NC(=O)CSc1nnc(-c2ccncc2)n1-c1ccc(C)c(C)c1. The first-order valence-corrected chi connectivity index (χ1v) is 12.8. The monoisotopic (exact) mass is 535 g/mol. The van der Waals surface area contributed by atoms with E-state index < -0.39 is 0 Å². The molecule has 6 nitrogen and oxygen atoms in total. The quantitative estimate of drug-likeness (QED) is 0.280. The number of carbonyl (C=O) groups excluding carboxylic acids is 1. The molecule has 34 heavy (non-hydrogen) atoms. The molecular weight excluding hydrogens is 510 g/mol. The Morgan fingerprint density at radius 2 is 1.76 bits per heavy atom. The fourth-order valence-electron chi connectivity index (χ4n) is 3.72. The summed E-state index contributed by atoms with van der Waals surface area (Å²) >= 11 is 4.91. The zero-order valence-corrected chi connectivity index (χ0v) is 22.0. The van der Waals surface area contributed by atoms with Crippen LogP contribution in [0.15, 0.2) is 64.5 Å². The number of nitrogens with zero attached hydrogens (tertiary/aromatic N) is 4. The lowest BCUT2D eigenvalue weighted by atomic mass is 10.1. The molecule has 2 aromatic carbocycles. The average molecular weight is 536 g/mol. The molecule has 0 spiro atoms. The number of benzene rings is 2. The van der Waals surface area contributed by atoms with E-state index in [2.05, 4.69) is 75.4 Å². The van der Waals surface area contributed by atoms with Crippen LogP contribution in [0.3, 0.4) is 0 Å². The van der Waals surface area contributed by atoms with Gasteiger partial charge in [0.2, 0.25) is 5.91 Å². The summed E-state index contributed by atoms with van der Waals surface area (Å²) in [5.41, 5.74) is 7.27. The number of hydrogen-bond donors (Lipinski definition) is 1. The summed E-state index contributed by atoms with van der Waals surface area (Å²) in [6.07, 6.45) is 4.31. The summed E-state index contributed by atoms with van der Waals surface area (Å²) in [6, 6.07) is 14.1. The Labute approximate surface area is 212 Å². The number of carbonyl (C=O) groups is 1. The second kappa shape index (κ2) is 10.5. The van der Waals surface area contributed by atoms with Crippen LogP contribution in [-0.4, -0.2) is 31.4 Å². The molecule has 0 unspecified atom stereocenters. The van der Waals surface area contributed by atoms with Crippen molar-refractivity contribution in [2.75, 3.05) is 11.1 Å². The van der Waals surface area contributed by atoms with Gasteiger partial charge in [-0.2, -0.15) is 0 Å². The third-order valence-electron chi connectivity index (χ3n) is 5.68.